The van der Waals surface area contributed by atoms with Gasteiger partial charge in [-0.25, -0.2) is 0 Å². The van der Waals surface area contributed by atoms with Gasteiger partial charge in [-0.3, -0.25) is 4.79 Å². The van der Waals surface area contributed by atoms with E-state index in [0.29, 0.717) is 6.54 Å². The number of halogens is 3. The third kappa shape index (κ3) is 2.95. The molecule has 6 heteroatoms. The standard InChI is InChI=1S/C14H17F3N2O/c1-13(2)9-18-11(10-6-4-3-5-7-10)8-19(13)12(20)14(15,16)17/h3-7,11,18H,8-9H2,1-2H3. The molecule has 0 aromatic heterocycles. The average molecular weight is 286 g/mol. The highest BCUT2D eigenvalue weighted by Gasteiger charge is 2.49. The molecule has 3 nitrogen and oxygen atoms in total. The summed E-state index contributed by atoms with van der Waals surface area (Å²) in [6.07, 6.45) is -4.84. The predicted octanol–water partition coefficient (Wildman–Crippen LogP) is 2.50. The highest BCUT2D eigenvalue weighted by atomic mass is 19.4. The Balaban J connectivity index is 2.23. The lowest BCUT2D eigenvalue weighted by Crippen LogP contribution is -2.63. The molecular formula is C14H17F3N2O. The van der Waals surface area contributed by atoms with E-state index in [1.165, 1.54) is 0 Å². The van der Waals surface area contributed by atoms with E-state index >= 15 is 0 Å². The van der Waals surface area contributed by atoms with E-state index in [-0.39, 0.29) is 12.6 Å². The lowest BCUT2D eigenvalue weighted by Gasteiger charge is -2.46. The molecule has 1 heterocycles. The van der Waals surface area contributed by atoms with E-state index in [1.54, 1.807) is 13.8 Å². The molecule has 1 aliphatic heterocycles. The van der Waals surface area contributed by atoms with E-state index in [2.05, 4.69) is 5.32 Å². The van der Waals surface area contributed by atoms with Crippen LogP contribution in [0.25, 0.3) is 0 Å². The second-order valence-corrected chi connectivity index (χ2v) is 5.57. The molecule has 0 spiro atoms. The SMILES string of the molecule is CC1(C)CNC(c2ccccc2)CN1C(=O)C(F)(F)F. The van der Waals surface area contributed by atoms with Gasteiger partial charge >= 0.3 is 12.1 Å². The van der Waals surface area contributed by atoms with Gasteiger partial charge in [-0.05, 0) is 19.4 Å². The van der Waals surface area contributed by atoms with Crippen molar-refractivity contribution in [2.24, 2.45) is 0 Å². The zero-order valence-corrected chi connectivity index (χ0v) is 11.4. The summed E-state index contributed by atoms with van der Waals surface area (Å²) in [5.41, 5.74) is 0.0145. The molecule has 1 N–H and O–H groups in total. The van der Waals surface area contributed by atoms with Gasteiger partial charge in [0.05, 0.1) is 5.54 Å². The van der Waals surface area contributed by atoms with E-state index in [4.69, 9.17) is 0 Å². The second-order valence-electron chi connectivity index (χ2n) is 5.57. The molecule has 1 aromatic rings. The summed E-state index contributed by atoms with van der Waals surface area (Å²) in [7, 11) is 0. The molecule has 110 valence electrons. The first-order valence-corrected chi connectivity index (χ1v) is 6.39. The first kappa shape index (κ1) is 14.8. The molecular weight excluding hydrogens is 269 g/mol. The van der Waals surface area contributed by atoms with Gasteiger partial charge in [0.2, 0.25) is 0 Å². The lowest BCUT2D eigenvalue weighted by atomic mass is 9.94. The zero-order chi connectivity index (χ0) is 15.0. The van der Waals surface area contributed by atoms with Gasteiger partial charge < -0.3 is 10.2 Å². The van der Waals surface area contributed by atoms with Crippen molar-refractivity contribution in [2.45, 2.75) is 31.6 Å². The van der Waals surface area contributed by atoms with Gasteiger partial charge in [-0.2, -0.15) is 13.2 Å². The van der Waals surface area contributed by atoms with Crippen LogP contribution in [0.4, 0.5) is 13.2 Å². The molecule has 0 aliphatic carbocycles. The Morgan fingerprint density at radius 1 is 1.30 bits per heavy atom. The van der Waals surface area contributed by atoms with Crippen molar-refractivity contribution >= 4 is 5.91 Å². The van der Waals surface area contributed by atoms with Gasteiger partial charge in [-0.15, -0.1) is 0 Å². The minimum absolute atomic E-state index is 0.00928. The summed E-state index contributed by atoms with van der Waals surface area (Å²) in [5.74, 6) is -1.77. The largest absolute Gasteiger partial charge is 0.471 e. The maximum atomic E-state index is 12.7. The Bertz CT molecular complexity index is 485. The van der Waals surface area contributed by atoms with Crippen LogP contribution in [0.3, 0.4) is 0 Å². The Morgan fingerprint density at radius 2 is 1.90 bits per heavy atom. The summed E-state index contributed by atoms with van der Waals surface area (Å²) in [5, 5.41) is 3.20. The average Bonchev–Trinajstić information content (AvgIpc) is 2.37. The number of amides is 1. The maximum Gasteiger partial charge on any atom is 0.471 e. The third-order valence-electron chi connectivity index (χ3n) is 3.57. The van der Waals surface area contributed by atoms with Gasteiger partial charge in [0.15, 0.2) is 0 Å². The van der Waals surface area contributed by atoms with Crippen molar-refractivity contribution in [2.75, 3.05) is 13.1 Å². The van der Waals surface area contributed by atoms with E-state index in [1.807, 2.05) is 30.3 Å². The molecule has 1 aromatic carbocycles. The number of benzene rings is 1. The number of hydrogen-bond donors (Lipinski definition) is 1. The smallest absolute Gasteiger partial charge is 0.327 e. The van der Waals surface area contributed by atoms with Crippen LogP contribution in [0.2, 0.25) is 0 Å². The van der Waals surface area contributed by atoms with Crippen LogP contribution in [0, 0.1) is 0 Å². The van der Waals surface area contributed by atoms with Crippen molar-refractivity contribution in [1.82, 2.24) is 10.2 Å². The highest BCUT2D eigenvalue weighted by Crippen LogP contribution is 2.30. The molecule has 0 radical (unpaired) electrons. The molecule has 0 bridgehead atoms. The van der Waals surface area contributed by atoms with E-state index < -0.39 is 17.6 Å². The predicted molar refractivity (Wildman–Crippen MR) is 69.0 cm³/mol. The number of rotatable bonds is 1. The van der Waals surface area contributed by atoms with E-state index in [9.17, 15) is 18.0 Å². The minimum atomic E-state index is -4.84. The first-order valence-electron chi connectivity index (χ1n) is 6.39. The summed E-state index contributed by atoms with van der Waals surface area (Å²) in [6, 6.07) is 8.89. The molecule has 1 saturated heterocycles. The molecule has 0 saturated carbocycles. The van der Waals surface area contributed by atoms with E-state index in [0.717, 1.165) is 10.5 Å². The van der Waals surface area contributed by atoms with Crippen LogP contribution in [0.15, 0.2) is 30.3 Å². The van der Waals surface area contributed by atoms with Crippen LogP contribution in [-0.2, 0) is 4.79 Å². The quantitative estimate of drug-likeness (QED) is 0.860. The fourth-order valence-corrected chi connectivity index (χ4v) is 2.38. The number of hydrogen-bond acceptors (Lipinski definition) is 2. The molecule has 1 unspecified atom stereocenters. The number of alkyl halides is 3. The Hall–Kier alpha value is -1.56. The van der Waals surface area contributed by atoms with Crippen LogP contribution in [-0.4, -0.2) is 35.6 Å². The number of nitrogens with zero attached hydrogens (tertiary/aromatic N) is 1. The molecule has 1 fully saturated rings. The first-order chi connectivity index (χ1) is 9.22. The molecule has 1 atom stereocenters. The monoisotopic (exact) mass is 286 g/mol. The van der Waals surface area contributed by atoms with Crippen LogP contribution < -0.4 is 5.32 Å². The van der Waals surface area contributed by atoms with Crippen LogP contribution in [0.1, 0.15) is 25.5 Å². The summed E-state index contributed by atoms with van der Waals surface area (Å²) >= 11 is 0. The van der Waals surface area contributed by atoms with Crippen LogP contribution in [0.5, 0.6) is 0 Å². The van der Waals surface area contributed by atoms with Gasteiger partial charge in [0.25, 0.3) is 0 Å². The summed E-state index contributed by atoms with van der Waals surface area (Å²) < 4.78 is 38.1. The minimum Gasteiger partial charge on any atom is -0.327 e. The number of piperazine rings is 1. The normalized spacial score (nSPS) is 22.6. The van der Waals surface area contributed by atoms with Crippen LogP contribution >= 0.6 is 0 Å². The van der Waals surface area contributed by atoms with Gasteiger partial charge in [0.1, 0.15) is 0 Å². The highest BCUT2D eigenvalue weighted by molar-refractivity contribution is 5.82. The van der Waals surface area contributed by atoms with Gasteiger partial charge in [0, 0.05) is 19.1 Å². The van der Waals surface area contributed by atoms with Crippen molar-refractivity contribution < 1.29 is 18.0 Å². The third-order valence-corrected chi connectivity index (χ3v) is 3.57. The Morgan fingerprint density at radius 3 is 2.45 bits per heavy atom. The number of nitrogens with one attached hydrogen (secondary N) is 1. The topological polar surface area (TPSA) is 32.3 Å². The van der Waals surface area contributed by atoms with Crippen molar-refractivity contribution in [3.05, 3.63) is 35.9 Å². The van der Waals surface area contributed by atoms with Gasteiger partial charge in [-0.1, -0.05) is 30.3 Å². The molecule has 1 aliphatic rings. The second kappa shape index (κ2) is 5.09. The van der Waals surface area contributed by atoms with Crippen molar-refractivity contribution in [3.63, 3.8) is 0 Å². The summed E-state index contributed by atoms with van der Waals surface area (Å²) in [4.78, 5) is 12.5. The Kier molecular flexibility index (Phi) is 3.77. The number of carbonyl (C=O) groups is 1. The maximum absolute atomic E-state index is 12.7. The molecule has 20 heavy (non-hydrogen) atoms. The fraction of sp³-hybridized carbons (Fsp3) is 0.500. The van der Waals surface area contributed by atoms with Crippen molar-refractivity contribution in [3.8, 4) is 0 Å². The zero-order valence-electron chi connectivity index (χ0n) is 11.4. The number of carbonyl (C=O) groups excluding carboxylic acids is 1. The lowest BCUT2D eigenvalue weighted by molar-refractivity contribution is -0.192. The summed E-state index contributed by atoms with van der Waals surface area (Å²) in [6.45, 7) is 3.58. The fourth-order valence-electron chi connectivity index (χ4n) is 2.38. The molecule has 1 amide bonds. The Labute approximate surface area is 115 Å². The molecule has 2 rings (SSSR count). The van der Waals surface area contributed by atoms with Crippen molar-refractivity contribution in [1.29, 1.82) is 0 Å².